The van der Waals surface area contributed by atoms with Crippen LogP contribution in [0.4, 0.5) is 11.4 Å². The van der Waals surface area contributed by atoms with Gasteiger partial charge in [0.1, 0.15) is 0 Å². The number of halogens is 1. The van der Waals surface area contributed by atoms with Crippen LogP contribution in [0.5, 0.6) is 0 Å². The molecule has 3 amide bonds. The van der Waals surface area contributed by atoms with E-state index in [0.29, 0.717) is 11.4 Å². The second-order valence-corrected chi connectivity index (χ2v) is 9.90. The maximum Gasteiger partial charge on any atom is 0.338 e. The number of allylic oxidation sites excluding steroid dienone is 2. The summed E-state index contributed by atoms with van der Waals surface area (Å²) in [6.07, 6.45) is 4.98. The lowest BCUT2D eigenvalue weighted by atomic mass is 9.85. The summed E-state index contributed by atoms with van der Waals surface area (Å²) in [6, 6.07) is 9.78. The Bertz CT molecular complexity index is 1200. The molecule has 0 spiro atoms. The SMILES string of the molecule is Cc1cc(NC(=O)COC(=O)c2ccc(N3C(=O)[C@H]4[C@H](C3=O)[C@H]3C=C[C@H]4C3)cc2)cc(C)c1Br. The minimum Gasteiger partial charge on any atom is -0.452 e. The monoisotopic (exact) mass is 522 g/mol. The van der Waals surface area contributed by atoms with Crippen LogP contribution in [-0.2, 0) is 19.1 Å². The topological polar surface area (TPSA) is 92.8 Å². The standard InChI is InChI=1S/C26H23BrN2O5/c1-13-9-18(10-14(2)23(13)27)28-20(30)12-34-26(33)15-5-7-19(8-6-15)29-24(31)21-16-3-4-17(11-16)22(21)25(29)32/h3-10,16-17,21-22H,11-12H2,1-2H3,(H,28,30)/t16-,17-,21+,22+/m0/s1. The van der Waals surface area contributed by atoms with Crippen LogP contribution in [0.2, 0.25) is 0 Å². The number of anilines is 2. The fraction of sp³-hybridized carbons (Fsp3) is 0.308. The van der Waals surface area contributed by atoms with Crippen LogP contribution in [0, 0.1) is 37.5 Å². The molecule has 0 unspecified atom stereocenters. The van der Waals surface area contributed by atoms with Gasteiger partial charge in [0, 0.05) is 10.2 Å². The van der Waals surface area contributed by atoms with Gasteiger partial charge in [0.15, 0.2) is 6.61 Å². The van der Waals surface area contributed by atoms with E-state index in [-0.39, 0.29) is 41.0 Å². The lowest BCUT2D eigenvalue weighted by Gasteiger charge is -2.17. The summed E-state index contributed by atoms with van der Waals surface area (Å²) in [5, 5.41) is 2.72. The number of imide groups is 1. The van der Waals surface area contributed by atoms with Crippen molar-refractivity contribution in [3.63, 3.8) is 0 Å². The van der Waals surface area contributed by atoms with E-state index in [0.717, 1.165) is 22.0 Å². The predicted molar refractivity (Wildman–Crippen MR) is 129 cm³/mol. The van der Waals surface area contributed by atoms with Gasteiger partial charge in [-0.2, -0.15) is 0 Å². The molecule has 1 saturated carbocycles. The van der Waals surface area contributed by atoms with Crippen LogP contribution in [-0.4, -0.2) is 30.3 Å². The third kappa shape index (κ3) is 3.76. The summed E-state index contributed by atoms with van der Waals surface area (Å²) in [5.41, 5.74) is 3.26. The average Bonchev–Trinajstić information content (AvgIpc) is 3.49. The number of rotatable bonds is 5. The molecule has 2 aromatic carbocycles. The lowest BCUT2D eigenvalue weighted by Crippen LogP contribution is -2.32. The summed E-state index contributed by atoms with van der Waals surface area (Å²) in [5.74, 6) is -1.72. The Kier molecular flexibility index (Phi) is 5.64. The second-order valence-electron chi connectivity index (χ2n) is 9.11. The highest BCUT2D eigenvalue weighted by atomic mass is 79.9. The van der Waals surface area contributed by atoms with E-state index in [1.54, 1.807) is 12.1 Å². The summed E-state index contributed by atoms with van der Waals surface area (Å²) in [6.45, 7) is 3.41. The molecule has 8 heteroatoms. The van der Waals surface area contributed by atoms with Crippen LogP contribution in [0.1, 0.15) is 27.9 Å². The first-order valence-corrected chi connectivity index (χ1v) is 11.9. The molecule has 0 radical (unpaired) electrons. The van der Waals surface area contributed by atoms with Gasteiger partial charge in [-0.3, -0.25) is 19.3 Å². The Morgan fingerprint density at radius 3 is 2.12 bits per heavy atom. The van der Waals surface area contributed by atoms with Crippen molar-refractivity contribution in [1.82, 2.24) is 0 Å². The van der Waals surface area contributed by atoms with Gasteiger partial charge in [-0.05, 0) is 79.6 Å². The van der Waals surface area contributed by atoms with E-state index in [4.69, 9.17) is 4.74 Å². The Morgan fingerprint density at radius 2 is 1.56 bits per heavy atom. The highest BCUT2D eigenvalue weighted by molar-refractivity contribution is 9.10. The number of carbonyl (C=O) groups excluding carboxylic acids is 4. The Labute approximate surface area is 205 Å². The minimum atomic E-state index is -0.664. The van der Waals surface area contributed by atoms with Gasteiger partial charge in [0.05, 0.1) is 23.1 Å². The van der Waals surface area contributed by atoms with Gasteiger partial charge >= 0.3 is 5.97 Å². The molecule has 174 valence electrons. The van der Waals surface area contributed by atoms with Crippen LogP contribution < -0.4 is 10.2 Å². The van der Waals surface area contributed by atoms with E-state index in [1.807, 2.05) is 26.0 Å². The Hall–Kier alpha value is -3.26. The first kappa shape index (κ1) is 22.5. The van der Waals surface area contributed by atoms with E-state index in [9.17, 15) is 19.2 Å². The number of nitrogens with one attached hydrogen (secondary N) is 1. The first-order valence-electron chi connectivity index (χ1n) is 11.1. The quantitative estimate of drug-likeness (QED) is 0.361. The smallest absolute Gasteiger partial charge is 0.338 e. The van der Waals surface area contributed by atoms with Crippen molar-refractivity contribution in [2.45, 2.75) is 20.3 Å². The Balaban J connectivity index is 1.20. The molecule has 5 rings (SSSR count). The fourth-order valence-electron chi connectivity index (χ4n) is 5.33. The van der Waals surface area contributed by atoms with Crippen LogP contribution in [0.15, 0.2) is 53.0 Å². The van der Waals surface area contributed by atoms with Gasteiger partial charge in [-0.25, -0.2) is 4.79 Å². The number of fused-ring (bicyclic) bond motifs is 5. The number of amides is 3. The van der Waals surface area contributed by atoms with Crippen LogP contribution >= 0.6 is 15.9 Å². The molecule has 2 aliphatic carbocycles. The summed E-state index contributed by atoms with van der Waals surface area (Å²) in [7, 11) is 0. The summed E-state index contributed by atoms with van der Waals surface area (Å²) in [4.78, 5) is 51.7. The summed E-state index contributed by atoms with van der Waals surface area (Å²) < 4.78 is 6.11. The normalized spacial score (nSPS) is 24.5. The number of hydrogen-bond acceptors (Lipinski definition) is 5. The largest absolute Gasteiger partial charge is 0.452 e. The molecule has 34 heavy (non-hydrogen) atoms. The average molecular weight is 523 g/mol. The first-order chi connectivity index (χ1) is 16.2. The molecular formula is C26H23BrN2O5. The molecule has 1 saturated heterocycles. The Morgan fingerprint density at radius 1 is 1.00 bits per heavy atom. The molecular weight excluding hydrogens is 500 g/mol. The molecule has 2 aromatic rings. The number of carbonyl (C=O) groups is 4. The van der Waals surface area contributed by atoms with Crippen molar-refractivity contribution in [3.05, 3.63) is 69.7 Å². The second kappa shape index (κ2) is 8.51. The van der Waals surface area contributed by atoms with Crippen molar-refractivity contribution in [1.29, 1.82) is 0 Å². The zero-order valence-corrected chi connectivity index (χ0v) is 20.3. The van der Waals surface area contributed by atoms with Crippen molar-refractivity contribution in [2.24, 2.45) is 23.7 Å². The third-order valence-corrected chi connectivity index (χ3v) is 8.14. The van der Waals surface area contributed by atoms with Crippen molar-refractivity contribution >= 4 is 51.0 Å². The molecule has 2 bridgehead atoms. The van der Waals surface area contributed by atoms with Crippen LogP contribution in [0.25, 0.3) is 0 Å². The molecule has 0 aromatic heterocycles. The molecule has 4 atom stereocenters. The van der Waals surface area contributed by atoms with Crippen molar-refractivity contribution in [2.75, 3.05) is 16.8 Å². The van der Waals surface area contributed by atoms with E-state index < -0.39 is 18.5 Å². The van der Waals surface area contributed by atoms with E-state index >= 15 is 0 Å². The number of aryl methyl sites for hydroxylation is 2. The van der Waals surface area contributed by atoms with E-state index in [1.165, 1.54) is 17.0 Å². The predicted octanol–water partition coefficient (Wildman–Crippen LogP) is 4.17. The maximum atomic E-state index is 12.9. The zero-order valence-electron chi connectivity index (χ0n) is 18.7. The third-order valence-electron chi connectivity index (χ3n) is 6.89. The molecule has 2 fully saturated rings. The van der Waals surface area contributed by atoms with Gasteiger partial charge in [-0.1, -0.05) is 28.1 Å². The molecule has 1 aliphatic heterocycles. The van der Waals surface area contributed by atoms with Gasteiger partial charge < -0.3 is 10.1 Å². The number of ether oxygens (including phenoxy) is 1. The number of nitrogens with zero attached hydrogens (tertiary/aromatic N) is 1. The van der Waals surface area contributed by atoms with Gasteiger partial charge in [0.25, 0.3) is 5.91 Å². The van der Waals surface area contributed by atoms with Crippen molar-refractivity contribution in [3.8, 4) is 0 Å². The highest BCUT2D eigenvalue weighted by Crippen LogP contribution is 2.53. The highest BCUT2D eigenvalue weighted by Gasteiger charge is 2.59. The maximum absolute atomic E-state index is 12.9. The summed E-state index contributed by atoms with van der Waals surface area (Å²) >= 11 is 3.48. The lowest BCUT2D eigenvalue weighted by molar-refractivity contribution is -0.123. The number of esters is 1. The van der Waals surface area contributed by atoms with Gasteiger partial charge in [0.2, 0.25) is 11.8 Å². The number of hydrogen-bond donors (Lipinski definition) is 1. The van der Waals surface area contributed by atoms with E-state index in [2.05, 4.69) is 33.4 Å². The minimum absolute atomic E-state index is 0.141. The zero-order chi connectivity index (χ0) is 24.1. The van der Waals surface area contributed by atoms with Crippen LogP contribution in [0.3, 0.4) is 0 Å². The van der Waals surface area contributed by atoms with Crippen molar-refractivity contribution < 1.29 is 23.9 Å². The molecule has 7 nitrogen and oxygen atoms in total. The van der Waals surface area contributed by atoms with Gasteiger partial charge in [-0.15, -0.1) is 0 Å². The molecule has 1 heterocycles. The fourth-order valence-corrected chi connectivity index (χ4v) is 5.56. The molecule has 1 N–H and O–H groups in total. The number of benzene rings is 2. The molecule has 3 aliphatic rings.